The molecule has 0 fully saturated rings. The lowest BCUT2D eigenvalue weighted by Gasteiger charge is -2.01. The van der Waals surface area contributed by atoms with Gasteiger partial charge < -0.3 is 9.84 Å². The van der Waals surface area contributed by atoms with E-state index in [0.29, 0.717) is 26.4 Å². The fourth-order valence-corrected chi connectivity index (χ4v) is 0.402. The van der Waals surface area contributed by atoms with Crippen LogP contribution in [0.4, 0.5) is 0 Å². The second-order valence-electron chi connectivity index (χ2n) is 1.56. The maximum Gasteiger partial charge on any atom is 0.106 e. The average Bonchev–Trinajstić information content (AvgIpc) is 1.97. The number of rotatable bonds is 7. The van der Waals surface area contributed by atoms with Crippen LogP contribution in [0.3, 0.4) is 0 Å². The third-order valence-corrected chi connectivity index (χ3v) is 0.748. The summed E-state index contributed by atoms with van der Waals surface area (Å²) in [6.07, 6.45) is 0. The van der Waals surface area contributed by atoms with Gasteiger partial charge in [-0.15, -0.1) is 0 Å². The van der Waals surface area contributed by atoms with E-state index in [4.69, 9.17) is 9.84 Å². The van der Waals surface area contributed by atoms with Crippen LogP contribution in [0, 0.1) is 0 Å². The van der Waals surface area contributed by atoms with Gasteiger partial charge in [0, 0.05) is 0 Å². The first-order valence-corrected chi connectivity index (χ1v) is 3.34. The minimum atomic E-state index is 0.0502. The summed E-state index contributed by atoms with van der Waals surface area (Å²) in [5.41, 5.74) is 0. The van der Waals surface area contributed by atoms with Crippen molar-refractivity contribution in [3.05, 3.63) is 0 Å². The number of hydrogen-bond acceptors (Lipinski definition) is 4. The van der Waals surface area contributed by atoms with Crippen LogP contribution in [0.15, 0.2) is 0 Å². The van der Waals surface area contributed by atoms with E-state index in [2.05, 4.69) is 9.78 Å². The molecule has 0 aromatic rings. The second-order valence-corrected chi connectivity index (χ2v) is 1.56. The topological polar surface area (TPSA) is 47.9 Å². The lowest BCUT2D eigenvalue weighted by molar-refractivity contribution is -0.295. The Morgan fingerprint density at radius 1 is 1.10 bits per heavy atom. The molecule has 4 nitrogen and oxygen atoms in total. The molecule has 0 spiro atoms. The molecule has 10 heavy (non-hydrogen) atoms. The molecule has 0 unspecified atom stereocenters. The maximum absolute atomic E-state index is 8.27. The predicted octanol–water partition coefficient (Wildman–Crippen LogP) is -0.0366. The molecule has 4 heteroatoms. The van der Waals surface area contributed by atoms with Crippen LogP contribution >= 0.6 is 0 Å². The van der Waals surface area contributed by atoms with Crippen molar-refractivity contribution in [3.63, 3.8) is 0 Å². The molecule has 0 radical (unpaired) electrons. The number of ether oxygens (including phenoxy) is 1. The molecule has 62 valence electrons. The van der Waals surface area contributed by atoms with Crippen molar-refractivity contribution in [1.82, 2.24) is 0 Å². The van der Waals surface area contributed by atoms with Crippen molar-refractivity contribution in [1.29, 1.82) is 0 Å². The molecule has 1 N–H and O–H groups in total. The highest BCUT2D eigenvalue weighted by molar-refractivity contribution is 4.25. The van der Waals surface area contributed by atoms with Gasteiger partial charge in [0.15, 0.2) is 0 Å². The van der Waals surface area contributed by atoms with E-state index >= 15 is 0 Å². The van der Waals surface area contributed by atoms with E-state index in [9.17, 15) is 0 Å². The summed E-state index contributed by atoms with van der Waals surface area (Å²) in [7, 11) is 0. The van der Waals surface area contributed by atoms with Crippen molar-refractivity contribution in [2.75, 3.05) is 33.0 Å². The van der Waals surface area contributed by atoms with Gasteiger partial charge in [-0.3, -0.25) is 0 Å². The van der Waals surface area contributed by atoms with Crippen molar-refractivity contribution in [2.24, 2.45) is 0 Å². The van der Waals surface area contributed by atoms with Gasteiger partial charge in [0.1, 0.15) is 6.61 Å². The predicted molar refractivity (Wildman–Crippen MR) is 35.5 cm³/mol. The third-order valence-electron chi connectivity index (χ3n) is 0.748. The second kappa shape index (κ2) is 8.84. The first-order chi connectivity index (χ1) is 4.91. The molecule has 0 atom stereocenters. The lowest BCUT2D eigenvalue weighted by atomic mass is 10.7. The Balaban J connectivity index is 2.65. The normalized spacial score (nSPS) is 10.2. The highest BCUT2D eigenvalue weighted by Crippen LogP contribution is 1.79. The summed E-state index contributed by atoms with van der Waals surface area (Å²) in [5.74, 6) is 0. The number of aliphatic hydroxyl groups is 1. The van der Waals surface area contributed by atoms with Crippen LogP contribution in [0.5, 0.6) is 0 Å². The van der Waals surface area contributed by atoms with Crippen molar-refractivity contribution < 1.29 is 19.6 Å². The third kappa shape index (κ3) is 7.84. The van der Waals surface area contributed by atoms with Gasteiger partial charge in [0.25, 0.3) is 0 Å². The molecule has 0 heterocycles. The fourth-order valence-electron chi connectivity index (χ4n) is 0.402. The smallest absolute Gasteiger partial charge is 0.106 e. The molecule has 0 saturated heterocycles. The van der Waals surface area contributed by atoms with Crippen LogP contribution in [0.2, 0.25) is 0 Å². The van der Waals surface area contributed by atoms with Crippen LogP contribution in [0.1, 0.15) is 6.92 Å². The summed E-state index contributed by atoms with van der Waals surface area (Å²) in [6, 6.07) is 0. The molecule has 0 aromatic heterocycles. The quantitative estimate of drug-likeness (QED) is 0.314. The molecular formula is C6H14O4. The van der Waals surface area contributed by atoms with Gasteiger partial charge in [-0.2, -0.15) is 0 Å². The van der Waals surface area contributed by atoms with E-state index < -0.39 is 0 Å². The Kier molecular flexibility index (Phi) is 8.70. The summed E-state index contributed by atoms with van der Waals surface area (Å²) in [4.78, 5) is 9.19. The standard InChI is InChI=1S/C6H14O4/c1-2-9-10-6-5-8-4-3-7/h7H,2-6H2,1H3. The molecule has 0 aliphatic carbocycles. The zero-order valence-electron chi connectivity index (χ0n) is 6.21. The Labute approximate surface area is 60.6 Å². The van der Waals surface area contributed by atoms with Gasteiger partial charge in [-0.25, -0.2) is 9.78 Å². The first-order valence-electron chi connectivity index (χ1n) is 3.34. The van der Waals surface area contributed by atoms with Crippen LogP contribution in [0.25, 0.3) is 0 Å². The maximum atomic E-state index is 8.27. The highest BCUT2D eigenvalue weighted by atomic mass is 17.2. The van der Waals surface area contributed by atoms with Crippen LogP contribution < -0.4 is 0 Å². The van der Waals surface area contributed by atoms with Gasteiger partial charge in [0.05, 0.1) is 26.4 Å². The van der Waals surface area contributed by atoms with Crippen molar-refractivity contribution in [2.45, 2.75) is 6.92 Å². The lowest BCUT2D eigenvalue weighted by Crippen LogP contribution is -2.07. The Hall–Kier alpha value is -0.160. The molecule has 0 amide bonds. The molecule has 0 rings (SSSR count). The molecule has 0 saturated carbocycles. The van der Waals surface area contributed by atoms with E-state index in [0.717, 1.165) is 0 Å². The minimum Gasteiger partial charge on any atom is -0.394 e. The molecule has 0 aliphatic heterocycles. The summed E-state index contributed by atoms with van der Waals surface area (Å²) >= 11 is 0. The zero-order chi connectivity index (χ0) is 7.66. The van der Waals surface area contributed by atoms with Gasteiger partial charge in [-0.1, -0.05) is 0 Å². The Morgan fingerprint density at radius 3 is 2.50 bits per heavy atom. The number of hydrogen-bond donors (Lipinski definition) is 1. The van der Waals surface area contributed by atoms with E-state index in [1.165, 1.54) is 0 Å². The van der Waals surface area contributed by atoms with Gasteiger partial charge >= 0.3 is 0 Å². The van der Waals surface area contributed by atoms with Gasteiger partial charge in [-0.05, 0) is 6.92 Å². The van der Waals surface area contributed by atoms with Crippen molar-refractivity contribution in [3.8, 4) is 0 Å². The summed E-state index contributed by atoms with van der Waals surface area (Å²) < 4.78 is 4.87. The zero-order valence-corrected chi connectivity index (χ0v) is 6.21. The monoisotopic (exact) mass is 150 g/mol. The van der Waals surface area contributed by atoms with E-state index in [1.54, 1.807) is 0 Å². The average molecular weight is 150 g/mol. The number of aliphatic hydroxyl groups excluding tert-OH is 1. The van der Waals surface area contributed by atoms with Gasteiger partial charge in [0.2, 0.25) is 0 Å². The summed E-state index contributed by atoms with van der Waals surface area (Å²) in [6.45, 7) is 3.66. The first kappa shape index (κ1) is 9.84. The highest BCUT2D eigenvalue weighted by Gasteiger charge is 1.86. The summed E-state index contributed by atoms with van der Waals surface area (Å²) in [5, 5.41) is 8.27. The van der Waals surface area contributed by atoms with Crippen LogP contribution in [-0.4, -0.2) is 38.1 Å². The van der Waals surface area contributed by atoms with Crippen LogP contribution in [-0.2, 0) is 14.5 Å². The largest absolute Gasteiger partial charge is 0.394 e. The Morgan fingerprint density at radius 2 is 1.90 bits per heavy atom. The fraction of sp³-hybridized carbons (Fsp3) is 1.00. The Bertz CT molecular complexity index is 49.7. The minimum absolute atomic E-state index is 0.0502. The molecule has 0 bridgehead atoms. The SMILES string of the molecule is CCOOCCOCCO. The van der Waals surface area contributed by atoms with E-state index in [1.807, 2.05) is 6.92 Å². The van der Waals surface area contributed by atoms with Crippen molar-refractivity contribution >= 4 is 0 Å². The van der Waals surface area contributed by atoms with E-state index in [-0.39, 0.29) is 6.61 Å². The molecule has 0 aromatic carbocycles. The molecular weight excluding hydrogens is 136 g/mol. The molecule has 0 aliphatic rings.